The van der Waals surface area contributed by atoms with Gasteiger partial charge in [0, 0.05) is 28.8 Å². The zero-order valence-corrected chi connectivity index (χ0v) is 25.3. The largest absolute Gasteiger partial charge is 0.329 e. The van der Waals surface area contributed by atoms with Crippen LogP contribution in [0.25, 0.3) is 0 Å². The normalized spacial score (nSPS) is 20.6. The molecule has 2 saturated heterocycles. The average molecular weight is 631 g/mol. The minimum atomic E-state index is -3.58. The Hall–Kier alpha value is -3.09. The number of anilines is 1. The number of halogens is 1. The Labute approximate surface area is 242 Å². The van der Waals surface area contributed by atoms with E-state index in [0.29, 0.717) is 30.8 Å². The molecule has 1 spiro atoms. The number of nitrogens with zero attached hydrogens (tertiary/aromatic N) is 3. The lowest BCUT2D eigenvalue weighted by Crippen LogP contribution is -2.50. The molecule has 40 heavy (non-hydrogen) atoms. The molecule has 3 aliphatic rings. The molecule has 0 unspecified atom stereocenters. The summed E-state index contributed by atoms with van der Waals surface area (Å²) in [6.45, 7) is 7.56. The van der Waals surface area contributed by atoms with E-state index in [-0.39, 0.29) is 30.7 Å². The molecule has 0 aliphatic carbocycles. The number of aryl methyl sites for hydroxylation is 2. The molecule has 12 heteroatoms. The maximum absolute atomic E-state index is 13.3. The zero-order valence-electron chi connectivity index (χ0n) is 22.9. The number of benzene rings is 2. The van der Waals surface area contributed by atoms with Gasteiger partial charge in [0.2, 0.25) is 10.0 Å². The van der Waals surface area contributed by atoms with Crippen LogP contribution in [0.5, 0.6) is 0 Å². The highest BCUT2D eigenvalue weighted by atomic mass is 79.9. The van der Waals surface area contributed by atoms with Gasteiger partial charge in [0.25, 0.3) is 11.8 Å². The lowest BCUT2D eigenvalue weighted by Gasteiger charge is -2.34. The summed E-state index contributed by atoms with van der Waals surface area (Å²) in [5, 5.41) is 5.23. The van der Waals surface area contributed by atoms with Gasteiger partial charge in [-0.25, -0.2) is 17.5 Å². The first kappa shape index (κ1) is 28.4. The molecule has 5 rings (SSSR count). The average Bonchev–Trinajstić information content (AvgIpc) is 3.29. The van der Waals surface area contributed by atoms with E-state index in [1.165, 1.54) is 9.21 Å². The predicted molar refractivity (Wildman–Crippen MR) is 156 cm³/mol. The molecular formula is C28H32BrN5O5S. The number of amides is 4. The van der Waals surface area contributed by atoms with Gasteiger partial charge >= 0.3 is 6.03 Å². The maximum Gasteiger partial charge on any atom is 0.329 e. The number of piperidine rings is 1. The fourth-order valence-corrected chi connectivity index (χ4v) is 7.58. The number of urea groups is 1. The Bertz CT molecular complexity index is 1540. The number of imide groups is 1. The van der Waals surface area contributed by atoms with Crippen molar-refractivity contribution in [1.29, 1.82) is 0 Å². The first-order chi connectivity index (χ1) is 18.7. The number of carbonyl (C=O) groups excluding carboxylic acids is 3. The molecule has 0 aromatic heterocycles. The number of rotatable bonds is 6. The van der Waals surface area contributed by atoms with Gasteiger partial charge in [-0.1, -0.05) is 28.1 Å². The van der Waals surface area contributed by atoms with Crippen LogP contribution in [0.2, 0.25) is 0 Å². The van der Waals surface area contributed by atoms with Crippen molar-refractivity contribution < 1.29 is 22.8 Å². The quantitative estimate of drug-likeness (QED) is 0.474. The summed E-state index contributed by atoms with van der Waals surface area (Å²) in [6.07, 6.45) is 0.936. The summed E-state index contributed by atoms with van der Waals surface area (Å²) in [5.41, 5.74) is 2.00. The topological polar surface area (TPSA) is 128 Å². The van der Waals surface area contributed by atoms with Crippen molar-refractivity contribution in [3.05, 3.63) is 63.1 Å². The Morgan fingerprint density at radius 3 is 2.20 bits per heavy atom. The van der Waals surface area contributed by atoms with Gasteiger partial charge in [-0.05, 0) is 87.9 Å². The lowest BCUT2D eigenvalue weighted by molar-refractivity contribution is -0.125. The van der Waals surface area contributed by atoms with Gasteiger partial charge in [-0.15, -0.1) is 0 Å². The van der Waals surface area contributed by atoms with Crippen molar-refractivity contribution in [3.8, 4) is 0 Å². The number of aliphatic imine (C=N–C) groups is 1. The van der Waals surface area contributed by atoms with Crippen LogP contribution in [0.15, 0.2) is 45.9 Å². The van der Waals surface area contributed by atoms with E-state index >= 15 is 0 Å². The third-order valence-electron chi connectivity index (χ3n) is 8.11. The SMILES string of the molecule is Cc1cc(N2C(=O)NC(=O)C2(C)C)cc(C)c1CCS(=O)(=O)N1CCC2(CC1)N=C(c1cccc(Br)c1)NC2=O. The molecule has 2 N–H and O–H groups in total. The predicted octanol–water partition coefficient (Wildman–Crippen LogP) is 3.18. The fourth-order valence-electron chi connectivity index (χ4n) is 5.72. The Morgan fingerprint density at radius 2 is 1.62 bits per heavy atom. The summed E-state index contributed by atoms with van der Waals surface area (Å²) in [6, 6.07) is 10.7. The van der Waals surface area contributed by atoms with Crippen LogP contribution in [0.4, 0.5) is 10.5 Å². The summed E-state index contributed by atoms with van der Waals surface area (Å²) >= 11 is 3.44. The number of carbonyl (C=O) groups is 3. The molecule has 2 aromatic carbocycles. The smallest absolute Gasteiger partial charge is 0.308 e. The number of hydrogen-bond donors (Lipinski definition) is 2. The molecule has 3 heterocycles. The molecule has 2 fully saturated rings. The molecule has 0 atom stereocenters. The molecular weight excluding hydrogens is 598 g/mol. The van der Waals surface area contributed by atoms with Crippen molar-refractivity contribution in [1.82, 2.24) is 14.9 Å². The van der Waals surface area contributed by atoms with E-state index in [1.807, 2.05) is 50.2 Å². The van der Waals surface area contributed by atoms with Gasteiger partial charge in [0.1, 0.15) is 16.9 Å². The molecule has 3 aliphatic heterocycles. The van der Waals surface area contributed by atoms with Crippen LogP contribution in [-0.2, 0) is 26.0 Å². The van der Waals surface area contributed by atoms with Crippen LogP contribution >= 0.6 is 15.9 Å². The molecule has 4 amide bonds. The number of sulfonamides is 1. The standard InChI is InChI=1S/C28H32BrN5O5S/c1-17-14-21(34-26(37)31-24(35)27(34,3)4)15-18(2)22(17)8-13-40(38,39)33-11-9-28(10-12-33)25(36)30-23(32-28)19-6-5-7-20(29)16-19/h5-7,14-16H,8-13H2,1-4H3,(H,30,32,36)(H,31,35,37). The van der Waals surface area contributed by atoms with Gasteiger partial charge in [0.05, 0.1) is 5.75 Å². The van der Waals surface area contributed by atoms with Gasteiger partial charge in [-0.2, -0.15) is 0 Å². The Kier molecular flexibility index (Phi) is 7.16. The molecule has 212 valence electrons. The number of hydrogen-bond acceptors (Lipinski definition) is 6. The summed E-state index contributed by atoms with van der Waals surface area (Å²) < 4.78 is 29.0. The monoisotopic (exact) mass is 629 g/mol. The van der Waals surface area contributed by atoms with Crippen LogP contribution in [-0.4, -0.2) is 66.3 Å². The second kappa shape index (κ2) is 10.1. The van der Waals surface area contributed by atoms with Crippen molar-refractivity contribution in [2.24, 2.45) is 4.99 Å². The van der Waals surface area contributed by atoms with Crippen LogP contribution in [0, 0.1) is 13.8 Å². The minimum absolute atomic E-state index is 0.0754. The summed E-state index contributed by atoms with van der Waals surface area (Å²) in [7, 11) is -3.58. The first-order valence-corrected chi connectivity index (χ1v) is 15.5. The van der Waals surface area contributed by atoms with E-state index in [1.54, 1.807) is 13.8 Å². The fraction of sp³-hybridized carbons (Fsp3) is 0.429. The third kappa shape index (κ3) is 4.97. The van der Waals surface area contributed by atoms with Crippen molar-refractivity contribution in [3.63, 3.8) is 0 Å². The highest BCUT2D eigenvalue weighted by Crippen LogP contribution is 2.34. The van der Waals surface area contributed by atoms with Crippen molar-refractivity contribution >= 4 is 55.3 Å². The molecule has 10 nitrogen and oxygen atoms in total. The zero-order chi connectivity index (χ0) is 29.0. The van der Waals surface area contributed by atoms with Gasteiger partial charge in [0.15, 0.2) is 0 Å². The lowest BCUT2D eigenvalue weighted by atomic mass is 9.89. The molecule has 0 bridgehead atoms. The second-order valence-corrected chi connectivity index (χ2v) is 14.1. The first-order valence-electron chi connectivity index (χ1n) is 13.1. The van der Waals surface area contributed by atoms with Crippen LogP contribution < -0.4 is 15.5 Å². The highest BCUT2D eigenvalue weighted by molar-refractivity contribution is 9.10. The second-order valence-electron chi connectivity index (χ2n) is 11.1. The van der Waals surface area contributed by atoms with Gasteiger partial charge in [-0.3, -0.25) is 24.8 Å². The maximum atomic E-state index is 13.3. The summed E-state index contributed by atoms with van der Waals surface area (Å²) in [4.78, 5) is 43.7. The van der Waals surface area contributed by atoms with E-state index in [2.05, 4.69) is 26.6 Å². The van der Waals surface area contributed by atoms with E-state index in [9.17, 15) is 22.8 Å². The van der Waals surface area contributed by atoms with E-state index in [4.69, 9.17) is 4.99 Å². The highest BCUT2D eigenvalue weighted by Gasteiger charge is 2.48. The van der Waals surface area contributed by atoms with E-state index in [0.717, 1.165) is 26.7 Å². The van der Waals surface area contributed by atoms with Crippen LogP contribution in [0.3, 0.4) is 0 Å². The molecule has 2 aromatic rings. The summed E-state index contributed by atoms with van der Waals surface area (Å²) in [5.74, 6) is -0.122. The number of nitrogens with one attached hydrogen (secondary N) is 2. The van der Waals surface area contributed by atoms with Gasteiger partial charge < -0.3 is 5.32 Å². The molecule has 0 radical (unpaired) electrons. The van der Waals surface area contributed by atoms with Crippen molar-refractivity contribution in [2.75, 3.05) is 23.7 Å². The van der Waals surface area contributed by atoms with Crippen LogP contribution in [0.1, 0.15) is 48.9 Å². The van der Waals surface area contributed by atoms with Crippen molar-refractivity contribution in [2.45, 2.75) is 58.0 Å². The number of amidine groups is 1. The third-order valence-corrected chi connectivity index (χ3v) is 10.5. The molecule has 0 saturated carbocycles. The van der Waals surface area contributed by atoms with E-state index < -0.39 is 27.1 Å². The Balaban J connectivity index is 1.26. The Morgan fingerprint density at radius 1 is 0.975 bits per heavy atom. The minimum Gasteiger partial charge on any atom is -0.308 e.